The Morgan fingerprint density at radius 3 is 2.57 bits per heavy atom. The number of fused-ring (bicyclic) bond motifs is 2. The molecule has 63 heavy (non-hydrogen) atoms. The Morgan fingerprint density at radius 2 is 1.71 bits per heavy atom. The fourth-order valence-electron chi connectivity index (χ4n) is 8.37. The molecule has 0 aliphatic carbocycles. The van der Waals surface area contributed by atoms with Crippen molar-refractivity contribution in [1.29, 1.82) is 0 Å². The van der Waals surface area contributed by atoms with Gasteiger partial charge >= 0.3 is 0 Å². The van der Waals surface area contributed by atoms with Gasteiger partial charge in [0, 0.05) is 57.1 Å². The van der Waals surface area contributed by atoms with Gasteiger partial charge in [0.2, 0.25) is 23.6 Å². The predicted molar refractivity (Wildman–Crippen MR) is 227 cm³/mol. The Morgan fingerprint density at radius 1 is 0.873 bits per heavy atom. The van der Waals surface area contributed by atoms with E-state index in [1.165, 1.54) is 12.1 Å². The zero-order chi connectivity index (χ0) is 43.5. The Balaban J connectivity index is 0.797. The minimum atomic E-state index is -1.11. The third-order valence-electron chi connectivity index (χ3n) is 11.5. The van der Waals surface area contributed by atoms with E-state index < -0.39 is 35.7 Å². The quantitative estimate of drug-likeness (QED) is 0.106. The van der Waals surface area contributed by atoms with Gasteiger partial charge in [0.25, 0.3) is 11.8 Å². The standard InChI is InChI=1S/C44H43N13O6/c58-37(49-34-14-8-12-32-39(34)44(63)56(43(32)62)35-16-17-38(59)50-42(35)61)15-6-7-20-55-24-28(51-52-55)23-45-41(60)36-26-54(40-31-11-4-5-13-33(31)46-27-47-40)22-21-53(36)25-30-18-19-48-57(30)29-9-2-1-3-10-29/h1-5,8-14,18-19,24,27,35-36H,6-7,15-17,20-23,25-26H2,(H,45,60)(H,49,58)(H,50,59,61). The number of aryl methyl sites for hydroxylation is 1. The first-order chi connectivity index (χ1) is 30.7. The van der Waals surface area contributed by atoms with Gasteiger partial charge in [-0.15, -0.1) is 5.10 Å². The van der Waals surface area contributed by atoms with Crippen molar-refractivity contribution in [2.75, 3.05) is 29.9 Å². The van der Waals surface area contributed by atoms with Crippen molar-refractivity contribution in [1.82, 2.24) is 55.2 Å². The largest absolute Gasteiger partial charge is 0.353 e. The summed E-state index contributed by atoms with van der Waals surface area (Å²) in [5, 5.41) is 22.0. The van der Waals surface area contributed by atoms with E-state index >= 15 is 0 Å². The Labute approximate surface area is 360 Å². The molecule has 0 spiro atoms. The molecule has 6 aromatic rings. The van der Waals surface area contributed by atoms with Crippen molar-refractivity contribution in [2.24, 2.45) is 0 Å². The number of para-hydroxylation sites is 2. The number of rotatable bonds is 14. The lowest BCUT2D eigenvalue weighted by Gasteiger charge is -2.41. The second kappa shape index (κ2) is 17.7. The number of anilines is 2. The van der Waals surface area contributed by atoms with Crippen LogP contribution in [0.25, 0.3) is 16.6 Å². The smallest absolute Gasteiger partial charge is 0.264 e. The molecule has 19 nitrogen and oxygen atoms in total. The van der Waals surface area contributed by atoms with Gasteiger partial charge in [-0.05, 0) is 61.7 Å². The van der Waals surface area contributed by atoms with Crippen LogP contribution in [0.2, 0.25) is 0 Å². The van der Waals surface area contributed by atoms with Gasteiger partial charge in [-0.2, -0.15) is 5.10 Å². The zero-order valence-corrected chi connectivity index (χ0v) is 34.1. The molecule has 0 saturated carbocycles. The first-order valence-electron chi connectivity index (χ1n) is 20.8. The number of hydrogen-bond acceptors (Lipinski definition) is 13. The van der Waals surface area contributed by atoms with Crippen LogP contribution in [0, 0.1) is 0 Å². The highest BCUT2D eigenvalue weighted by Gasteiger charge is 2.46. The maximum absolute atomic E-state index is 14.1. The molecule has 3 aliphatic rings. The highest BCUT2D eigenvalue weighted by atomic mass is 16.2. The molecule has 19 heteroatoms. The van der Waals surface area contributed by atoms with E-state index in [1.807, 2.05) is 65.3 Å². The lowest BCUT2D eigenvalue weighted by Crippen LogP contribution is -2.59. The fraction of sp³-hybridized carbons (Fsp3) is 0.295. The summed E-state index contributed by atoms with van der Waals surface area (Å²) in [6, 6.07) is 22.6. The number of benzene rings is 3. The van der Waals surface area contributed by atoms with E-state index in [9.17, 15) is 28.8 Å². The van der Waals surface area contributed by atoms with E-state index in [0.29, 0.717) is 51.3 Å². The molecule has 3 aromatic carbocycles. The van der Waals surface area contributed by atoms with Crippen LogP contribution in [0.1, 0.15) is 64.2 Å². The van der Waals surface area contributed by atoms with Crippen LogP contribution in [0.3, 0.4) is 0 Å². The molecule has 3 aromatic heterocycles. The number of carbonyl (C=O) groups excluding carboxylic acids is 6. The molecule has 320 valence electrons. The molecule has 9 rings (SSSR count). The van der Waals surface area contributed by atoms with Crippen molar-refractivity contribution in [3.05, 3.63) is 120 Å². The number of amides is 6. The zero-order valence-electron chi connectivity index (χ0n) is 34.1. The van der Waals surface area contributed by atoms with Crippen molar-refractivity contribution in [3.63, 3.8) is 0 Å². The number of nitrogens with one attached hydrogen (secondary N) is 3. The molecule has 6 heterocycles. The van der Waals surface area contributed by atoms with Crippen LogP contribution in [0.5, 0.6) is 0 Å². The first-order valence-corrected chi connectivity index (χ1v) is 20.8. The molecule has 6 amide bonds. The minimum Gasteiger partial charge on any atom is -0.353 e. The van der Waals surface area contributed by atoms with Gasteiger partial charge < -0.3 is 15.5 Å². The summed E-state index contributed by atoms with van der Waals surface area (Å²) in [6.07, 6.45) is 6.33. The molecule has 2 atom stereocenters. The van der Waals surface area contributed by atoms with Crippen molar-refractivity contribution in [2.45, 2.75) is 63.8 Å². The molecule has 3 N–H and O–H groups in total. The summed E-state index contributed by atoms with van der Waals surface area (Å²) in [4.78, 5) is 92.0. The van der Waals surface area contributed by atoms with Gasteiger partial charge in [-0.25, -0.2) is 14.6 Å². The van der Waals surface area contributed by atoms with Crippen molar-refractivity contribution >= 4 is 57.9 Å². The van der Waals surface area contributed by atoms with Crippen LogP contribution in [-0.4, -0.2) is 112 Å². The topological polar surface area (TPSA) is 223 Å². The lowest BCUT2D eigenvalue weighted by atomic mass is 10.0. The van der Waals surface area contributed by atoms with E-state index in [2.05, 4.69) is 51.1 Å². The average Bonchev–Trinajstić information content (AvgIpc) is 4.03. The van der Waals surface area contributed by atoms with Crippen molar-refractivity contribution < 1.29 is 28.8 Å². The number of aromatic nitrogens is 7. The number of piperidine rings is 1. The molecule has 2 fully saturated rings. The second-order valence-electron chi connectivity index (χ2n) is 15.6. The minimum absolute atomic E-state index is 0.00744. The molecule has 3 aliphatic heterocycles. The van der Waals surface area contributed by atoms with E-state index in [1.54, 1.807) is 29.5 Å². The molecule has 2 unspecified atom stereocenters. The monoisotopic (exact) mass is 849 g/mol. The first kappa shape index (κ1) is 40.7. The van der Waals surface area contributed by atoms with Gasteiger partial charge in [0.15, 0.2) is 0 Å². The Bertz CT molecular complexity index is 2730. The highest BCUT2D eigenvalue weighted by Crippen LogP contribution is 2.33. The number of piperazine rings is 1. The number of unbranched alkanes of at least 4 members (excludes halogenated alkanes) is 1. The second-order valence-corrected chi connectivity index (χ2v) is 15.6. The van der Waals surface area contributed by atoms with Gasteiger partial charge in [0.05, 0.1) is 46.5 Å². The number of nitrogens with zero attached hydrogens (tertiary/aromatic N) is 10. The average molecular weight is 850 g/mol. The molecule has 2 saturated heterocycles. The molecular formula is C44H43N13O6. The van der Waals surface area contributed by atoms with Crippen LogP contribution in [0.4, 0.5) is 11.5 Å². The fourth-order valence-corrected chi connectivity index (χ4v) is 8.37. The van der Waals surface area contributed by atoms with E-state index in [4.69, 9.17) is 0 Å². The van der Waals surface area contributed by atoms with E-state index in [0.717, 1.165) is 33.0 Å². The van der Waals surface area contributed by atoms with Crippen molar-refractivity contribution in [3.8, 4) is 5.69 Å². The van der Waals surface area contributed by atoms with Crippen LogP contribution in [0.15, 0.2) is 97.6 Å². The van der Waals surface area contributed by atoms with Crippen LogP contribution >= 0.6 is 0 Å². The van der Waals surface area contributed by atoms with Gasteiger partial charge in [-0.3, -0.25) is 48.6 Å². The third kappa shape index (κ3) is 8.50. The maximum atomic E-state index is 14.1. The number of carbonyl (C=O) groups is 6. The van der Waals surface area contributed by atoms with Gasteiger partial charge in [0.1, 0.15) is 29.9 Å². The Hall–Kier alpha value is -7.67. The summed E-state index contributed by atoms with van der Waals surface area (Å²) in [5.74, 6) is -2.24. The highest BCUT2D eigenvalue weighted by molar-refractivity contribution is 6.26. The third-order valence-corrected chi connectivity index (χ3v) is 11.5. The number of hydrogen-bond donors (Lipinski definition) is 3. The maximum Gasteiger partial charge on any atom is 0.264 e. The number of imide groups is 2. The molecular weight excluding hydrogens is 807 g/mol. The lowest BCUT2D eigenvalue weighted by molar-refractivity contribution is -0.136. The normalized spacial score (nSPS) is 17.8. The SMILES string of the molecule is O=C1CCC(N2C(=O)c3cccc(NC(=O)CCCCn4cc(CNC(=O)C5CN(c6ncnc7ccccc67)CCN5Cc5ccnn5-c5ccccc5)nn4)c3C2=O)C(=O)N1. The van der Waals surface area contributed by atoms with E-state index in [-0.39, 0.29) is 54.4 Å². The predicted octanol–water partition coefficient (Wildman–Crippen LogP) is 2.62. The summed E-state index contributed by atoms with van der Waals surface area (Å²) in [6.45, 7) is 2.77. The van der Waals surface area contributed by atoms with Crippen LogP contribution in [-0.2, 0) is 38.8 Å². The summed E-state index contributed by atoms with van der Waals surface area (Å²) in [7, 11) is 0. The summed E-state index contributed by atoms with van der Waals surface area (Å²) < 4.78 is 3.56. The molecule has 0 bridgehead atoms. The van der Waals surface area contributed by atoms with Crippen LogP contribution < -0.4 is 20.9 Å². The van der Waals surface area contributed by atoms with Gasteiger partial charge in [-0.1, -0.05) is 41.6 Å². The Kier molecular flexibility index (Phi) is 11.5. The summed E-state index contributed by atoms with van der Waals surface area (Å²) in [5.41, 5.74) is 3.58. The molecule has 0 radical (unpaired) electrons. The summed E-state index contributed by atoms with van der Waals surface area (Å²) >= 11 is 0.